The molecule has 8 nitrogen and oxygen atoms in total. The normalized spacial score (nSPS) is 10.7. The van der Waals surface area contributed by atoms with Gasteiger partial charge < -0.3 is 9.47 Å². The molecule has 0 spiro atoms. The van der Waals surface area contributed by atoms with E-state index in [0.29, 0.717) is 13.1 Å². The standard InChI is InChI=1S/C15H19N5O3/c1-5-7-19(8-6-2)11(21)9-20-10-16-13-12(20)14(22)18(4)15(23)17(13)3/h5-6,10H,1-2,7-9H2,3-4H3. The van der Waals surface area contributed by atoms with Crippen molar-refractivity contribution in [3.05, 3.63) is 52.5 Å². The number of fused-ring (bicyclic) bond motifs is 1. The molecule has 0 bridgehead atoms. The van der Waals surface area contributed by atoms with Crippen LogP contribution in [-0.4, -0.2) is 42.6 Å². The number of hydrogen-bond acceptors (Lipinski definition) is 4. The average molecular weight is 317 g/mol. The van der Waals surface area contributed by atoms with Crippen molar-refractivity contribution in [3.63, 3.8) is 0 Å². The Morgan fingerprint density at radius 1 is 1.22 bits per heavy atom. The first kappa shape index (κ1) is 16.5. The molecule has 23 heavy (non-hydrogen) atoms. The van der Waals surface area contributed by atoms with E-state index in [4.69, 9.17) is 0 Å². The van der Waals surface area contributed by atoms with Gasteiger partial charge in [0.1, 0.15) is 6.54 Å². The molecule has 2 aromatic rings. The summed E-state index contributed by atoms with van der Waals surface area (Å²) in [6.45, 7) is 7.96. The molecule has 0 aliphatic rings. The molecule has 0 aromatic carbocycles. The molecule has 122 valence electrons. The van der Waals surface area contributed by atoms with Crippen molar-refractivity contribution in [3.8, 4) is 0 Å². The van der Waals surface area contributed by atoms with Crippen LogP contribution in [0, 0.1) is 0 Å². The molecule has 0 saturated carbocycles. The van der Waals surface area contributed by atoms with E-state index in [0.717, 1.165) is 4.57 Å². The molecular weight excluding hydrogens is 298 g/mol. The Morgan fingerprint density at radius 2 is 1.83 bits per heavy atom. The molecule has 0 aliphatic carbocycles. The third-order valence-corrected chi connectivity index (χ3v) is 3.57. The zero-order chi connectivity index (χ0) is 17.1. The monoisotopic (exact) mass is 317 g/mol. The van der Waals surface area contributed by atoms with Gasteiger partial charge in [-0.05, 0) is 0 Å². The maximum Gasteiger partial charge on any atom is 0.332 e. The highest BCUT2D eigenvalue weighted by Gasteiger charge is 2.18. The molecule has 1 amide bonds. The van der Waals surface area contributed by atoms with E-state index in [1.54, 1.807) is 17.1 Å². The Hall–Kier alpha value is -2.90. The van der Waals surface area contributed by atoms with E-state index in [-0.39, 0.29) is 23.6 Å². The van der Waals surface area contributed by atoms with Gasteiger partial charge in [-0.15, -0.1) is 13.2 Å². The van der Waals surface area contributed by atoms with Crippen molar-refractivity contribution < 1.29 is 4.79 Å². The van der Waals surface area contributed by atoms with Crippen LogP contribution >= 0.6 is 0 Å². The van der Waals surface area contributed by atoms with Gasteiger partial charge in [0, 0.05) is 27.2 Å². The van der Waals surface area contributed by atoms with Gasteiger partial charge in [0.05, 0.1) is 6.33 Å². The van der Waals surface area contributed by atoms with Gasteiger partial charge in [-0.25, -0.2) is 9.78 Å². The van der Waals surface area contributed by atoms with Crippen LogP contribution in [0.4, 0.5) is 0 Å². The van der Waals surface area contributed by atoms with Crippen LogP contribution in [0.3, 0.4) is 0 Å². The van der Waals surface area contributed by atoms with Crippen LogP contribution in [0.15, 0.2) is 41.2 Å². The second-order valence-corrected chi connectivity index (χ2v) is 5.13. The summed E-state index contributed by atoms with van der Waals surface area (Å²) >= 11 is 0. The first-order valence-electron chi connectivity index (χ1n) is 7.02. The summed E-state index contributed by atoms with van der Waals surface area (Å²) in [4.78, 5) is 42.2. The van der Waals surface area contributed by atoms with E-state index in [2.05, 4.69) is 18.1 Å². The van der Waals surface area contributed by atoms with E-state index < -0.39 is 11.2 Å². The van der Waals surface area contributed by atoms with Crippen molar-refractivity contribution in [1.82, 2.24) is 23.6 Å². The summed E-state index contributed by atoms with van der Waals surface area (Å²) in [5, 5.41) is 0. The van der Waals surface area contributed by atoms with E-state index in [1.165, 1.54) is 29.6 Å². The van der Waals surface area contributed by atoms with Gasteiger partial charge in [-0.1, -0.05) is 12.2 Å². The van der Waals surface area contributed by atoms with Crippen molar-refractivity contribution in [2.45, 2.75) is 6.54 Å². The topological polar surface area (TPSA) is 82.1 Å². The fourth-order valence-corrected chi connectivity index (χ4v) is 2.35. The molecule has 0 aliphatic heterocycles. The van der Waals surface area contributed by atoms with Gasteiger partial charge in [0.25, 0.3) is 5.56 Å². The molecular formula is C15H19N5O3. The first-order valence-corrected chi connectivity index (χ1v) is 7.02. The molecule has 2 heterocycles. The Morgan fingerprint density at radius 3 is 2.39 bits per heavy atom. The molecule has 0 N–H and O–H groups in total. The Bertz CT molecular complexity index is 877. The lowest BCUT2D eigenvalue weighted by atomic mass is 10.4. The van der Waals surface area contributed by atoms with Crippen LogP contribution in [0.1, 0.15) is 0 Å². The maximum absolute atomic E-state index is 12.4. The molecule has 8 heteroatoms. The number of carbonyl (C=O) groups excluding carboxylic acids is 1. The zero-order valence-corrected chi connectivity index (χ0v) is 13.2. The number of nitrogens with zero attached hydrogens (tertiary/aromatic N) is 5. The number of amides is 1. The molecule has 0 fully saturated rings. The van der Waals surface area contributed by atoms with Crippen LogP contribution < -0.4 is 11.2 Å². The fourth-order valence-electron chi connectivity index (χ4n) is 2.35. The summed E-state index contributed by atoms with van der Waals surface area (Å²) < 4.78 is 3.73. The van der Waals surface area contributed by atoms with Crippen LogP contribution in [-0.2, 0) is 25.4 Å². The minimum atomic E-state index is -0.479. The summed E-state index contributed by atoms with van der Waals surface area (Å²) in [5.41, 5.74) is -0.462. The lowest BCUT2D eigenvalue weighted by molar-refractivity contribution is -0.130. The van der Waals surface area contributed by atoms with E-state index >= 15 is 0 Å². The minimum absolute atomic E-state index is 0.0500. The lowest BCUT2D eigenvalue weighted by Crippen LogP contribution is -2.38. The predicted octanol–water partition coefficient (Wildman–Crippen LogP) is -0.366. The van der Waals surface area contributed by atoms with Crippen molar-refractivity contribution in [2.24, 2.45) is 14.1 Å². The maximum atomic E-state index is 12.4. The van der Waals surface area contributed by atoms with E-state index in [1.807, 2.05) is 0 Å². The van der Waals surface area contributed by atoms with Crippen molar-refractivity contribution in [2.75, 3.05) is 13.1 Å². The van der Waals surface area contributed by atoms with Gasteiger partial charge >= 0.3 is 5.69 Å². The summed E-state index contributed by atoms with van der Waals surface area (Å²) in [7, 11) is 2.93. The highest BCUT2D eigenvalue weighted by molar-refractivity contribution is 5.79. The third-order valence-electron chi connectivity index (χ3n) is 3.57. The molecule has 2 rings (SSSR count). The second-order valence-electron chi connectivity index (χ2n) is 5.13. The van der Waals surface area contributed by atoms with Gasteiger partial charge in [0.15, 0.2) is 11.2 Å². The largest absolute Gasteiger partial charge is 0.334 e. The first-order chi connectivity index (χ1) is 10.9. The average Bonchev–Trinajstić information content (AvgIpc) is 2.94. The SMILES string of the molecule is C=CCN(CC=C)C(=O)Cn1cnc2c1c(=O)n(C)c(=O)n2C. The number of hydrogen-bond donors (Lipinski definition) is 0. The molecule has 0 atom stereocenters. The second kappa shape index (κ2) is 6.47. The molecule has 0 saturated heterocycles. The quantitative estimate of drug-likeness (QED) is 0.681. The summed E-state index contributed by atoms with van der Waals surface area (Å²) in [5.74, 6) is -0.194. The predicted molar refractivity (Wildman–Crippen MR) is 87.2 cm³/mol. The Kier molecular flexibility index (Phi) is 4.63. The summed E-state index contributed by atoms with van der Waals surface area (Å²) in [6.07, 6.45) is 4.63. The Labute approximate surface area is 132 Å². The number of imidazole rings is 1. The summed E-state index contributed by atoms with van der Waals surface area (Å²) in [6, 6.07) is 0. The van der Waals surface area contributed by atoms with Crippen LogP contribution in [0.5, 0.6) is 0 Å². The highest BCUT2D eigenvalue weighted by atomic mass is 16.2. The van der Waals surface area contributed by atoms with Crippen molar-refractivity contribution >= 4 is 17.1 Å². The molecule has 0 radical (unpaired) electrons. The van der Waals surface area contributed by atoms with Crippen LogP contribution in [0.25, 0.3) is 11.2 Å². The van der Waals surface area contributed by atoms with Gasteiger partial charge in [0.2, 0.25) is 5.91 Å². The minimum Gasteiger partial charge on any atom is -0.334 e. The smallest absolute Gasteiger partial charge is 0.332 e. The van der Waals surface area contributed by atoms with E-state index in [9.17, 15) is 14.4 Å². The van der Waals surface area contributed by atoms with Gasteiger partial charge in [-0.3, -0.25) is 18.7 Å². The molecule has 0 unspecified atom stereocenters. The van der Waals surface area contributed by atoms with Gasteiger partial charge in [-0.2, -0.15) is 0 Å². The lowest BCUT2D eigenvalue weighted by Gasteiger charge is -2.19. The highest BCUT2D eigenvalue weighted by Crippen LogP contribution is 2.06. The zero-order valence-electron chi connectivity index (χ0n) is 13.2. The number of aromatic nitrogens is 4. The molecule has 2 aromatic heterocycles. The Balaban J connectivity index is 2.47. The van der Waals surface area contributed by atoms with Crippen LogP contribution in [0.2, 0.25) is 0 Å². The van der Waals surface area contributed by atoms with Crippen molar-refractivity contribution in [1.29, 1.82) is 0 Å². The number of aryl methyl sites for hydroxylation is 1. The number of rotatable bonds is 6. The number of carbonyl (C=O) groups is 1. The fraction of sp³-hybridized carbons (Fsp3) is 0.333. The third kappa shape index (κ3) is 2.87.